The van der Waals surface area contributed by atoms with E-state index in [1.807, 2.05) is 31.2 Å². The normalized spacial score (nSPS) is 11.2. The van der Waals surface area contributed by atoms with Crippen molar-refractivity contribution in [2.45, 2.75) is 97.3 Å². The molecule has 4 aromatic carbocycles. The molecule has 0 unspecified atom stereocenters. The standard InChI is InChI=1S/C40H48F2O/c1-3-5-7-8-9-10-11-12-13-14-15-31-16-18-32(19-17-31)33-20-22-34(23-21-33)35-24-26-36(27-25-35)37-28-29-38(40(42)39(37)41)43-30-6-4-2/h16-29H,3-15,30H2,1-2H3. The number of rotatable bonds is 18. The van der Waals surface area contributed by atoms with Gasteiger partial charge >= 0.3 is 0 Å². The molecule has 0 saturated carbocycles. The van der Waals surface area contributed by atoms with E-state index in [0.29, 0.717) is 12.2 Å². The number of unbranched alkanes of at least 4 members (excludes halogenated alkanes) is 10. The highest BCUT2D eigenvalue weighted by molar-refractivity contribution is 5.73. The molecule has 0 fully saturated rings. The predicted molar refractivity (Wildman–Crippen MR) is 179 cm³/mol. The molecule has 0 aliphatic carbocycles. The van der Waals surface area contributed by atoms with Gasteiger partial charge in [0, 0.05) is 5.56 Å². The van der Waals surface area contributed by atoms with Crippen LogP contribution in [0.15, 0.2) is 84.9 Å². The van der Waals surface area contributed by atoms with E-state index in [-0.39, 0.29) is 11.3 Å². The van der Waals surface area contributed by atoms with Crippen molar-refractivity contribution in [2.75, 3.05) is 6.61 Å². The number of hydrogen-bond acceptors (Lipinski definition) is 1. The lowest BCUT2D eigenvalue weighted by atomic mass is 9.97. The molecule has 0 saturated heterocycles. The van der Waals surface area contributed by atoms with Gasteiger partial charge in [-0.3, -0.25) is 0 Å². The van der Waals surface area contributed by atoms with Crippen LogP contribution in [0.4, 0.5) is 8.78 Å². The van der Waals surface area contributed by atoms with Crippen LogP contribution in [0.3, 0.4) is 0 Å². The summed E-state index contributed by atoms with van der Waals surface area (Å²) in [7, 11) is 0. The summed E-state index contributed by atoms with van der Waals surface area (Å²) >= 11 is 0. The third-order valence-corrected chi connectivity index (χ3v) is 8.32. The van der Waals surface area contributed by atoms with Crippen molar-refractivity contribution in [3.63, 3.8) is 0 Å². The molecule has 0 heterocycles. The Morgan fingerprint density at radius 2 is 0.884 bits per heavy atom. The van der Waals surface area contributed by atoms with Gasteiger partial charge in [0.05, 0.1) is 6.61 Å². The van der Waals surface area contributed by atoms with E-state index in [9.17, 15) is 8.78 Å². The molecule has 4 aromatic rings. The Morgan fingerprint density at radius 3 is 1.40 bits per heavy atom. The fourth-order valence-electron chi connectivity index (χ4n) is 5.57. The summed E-state index contributed by atoms with van der Waals surface area (Å²) < 4.78 is 34.8. The lowest BCUT2D eigenvalue weighted by molar-refractivity contribution is 0.289. The quantitative estimate of drug-likeness (QED) is 0.106. The zero-order valence-corrected chi connectivity index (χ0v) is 26.1. The number of hydrogen-bond donors (Lipinski definition) is 0. The van der Waals surface area contributed by atoms with Gasteiger partial charge in [-0.15, -0.1) is 0 Å². The first-order valence-electron chi connectivity index (χ1n) is 16.5. The van der Waals surface area contributed by atoms with Crippen LogP contribution in [-0.4, -0.2) is 6.61 Å². The second-order valence-electron chi connectivity index (χ2n) is 11.7. The second kappa shape index (κ2) is 17.6. The minimum absolute atomic E-state index is 0.0323. The first kappa shape index (κ1) is 32.5. The predicted octanol–water partition coefficient (Wildman–Crippen LogP) is 12.6. The minimum Gasteiger partial charge on any atom is -0.490 e. The van der Waals surface area contributed by atoms with Crippen molar-refractivity contribution in [3.8, 4) is 39.1 Å². The molecule has 0 spiro atoms. The van der Waals surface area contributed by atoms with E-state index < -0.39 is 11.6 Å². The zero-order chi connectivity index (χ0) is 30.3. The molecule has 0 N–H and O–H groups in total. The van der Waals surface area contributed by atoms with Crippen LogP contribution in [-0.2, 0) is 6.42 Å². The fourth-order valence-corrected chi connectivity index (χ4v) is 5.57. The number of aryl methyl sites for hydroxylation is 1. The van der Waals surface area contributed by atoms with Crippen molar-refractivity contribution in [3.05, 3.63) is 102 Å². The second-order valence-corrected chi connectivity index (χ2v) is 11.7. The van der Waals surface area contributed by atoms with E-state index >= 15 is 0 Å². The Labute approximate surface area is 258 Å². The van der Waals surface area contributed by atoms with E-state index in [0.717, 1.165) is 30.4 Å². The van der Waals surface area contributed by atoms with Crippen LogP contribution in [0.25, 0.3) is 33.4 Å². The van der Waals surface area contributed by atoms with Gasteiger partial charge in [-0.25, -0.2) is 4.39 Å². The van der Waals surface area contributed by atoms with Crippen LogP contribution < -0.4 is 4.74 Å². The molecule has 0 atom stereocenters. The molecular formula is C40H48F2O. The molecular weight excluding hydrogens is 534 g/mol. The van der Waals surface area contributed by atoms with Crippen molar-refractivity contribution in [1.82, 2.24) is 0 Å². The van der Waals surface area contributed by atoms with Crippen molar-refractivity contribution >= 4 is 0 Å². The molecule has 0 bridgehead atoms. The largest absolute Gasteiger partial charge is 0.490 e. The molecule has 0 aliphatic rings. The molecule has 0 aromatic heterocycles. The van der Waals surface area contributed by atoms with E-state index in [1.54, 1.807) is 6.07 Å². The van der Waals surface area contributed by atoms with E-state index in [1.165, 1.54) is 87.0 Å². The SMILES string of the molecule is CCCCCCCCCCCCc1ccc(-c2ccc(-c3ccc(-c4ccc(OCCCC)c(F)c4F)cc3)cc2)cc1. The monoisotopic (exact) mass is 582 g/mol. The Hall–Kier alpha value is -3.46. The number of benzene rings is 4. The summed E-state index contributed by atoms with van der Waals surface area (Å²) in [4.78, 5) is 0. The zero-order valence-electron chi connectivity index (χ0n) is 26.1. The van der Waals surface area contributed by atoms with Gasteiger partial charge in [0.1, 0.15) is 0 Å². The Kier molecular flexibility index (Phi) is 13.3. The van der Waals surface area contributed by atoms with Gasteiger partial charge < -0.3 is 4.74 Å². The molecule has 0 radical (unpaired) electrons. The molecule has 43 heavy (non-hydrogen) atoms. The highest BCUT2D eigenvalue weighted by atomic mass is 19.2. The lowest BCUT2D eigenvalue weighted by Crippen LogP contribution is -2.01. The highest BCUT2D eigenvalue weighted by Crippen LogP contribution is 2.32. The first-order chi connectivity index (χ1) is 21.1. The molecule has 3 heteroatoms. The third-order valence-electron chi connectivity index (χ3n) is 8.32. The maximum Gasteiger partial charge on any atom is 0.201 e. The number of halogens is 2. The molecule has 228 valence electrons. The van der Waals surface area contributed by atoms with Gasteiger partial charge in [-0.2, -0.15) is 4.39 Å². The van der Waals surface area contributed by atoms with Crippen LogP contribution in [0, 0.1) is 11.6 Å². The van der Waals surface area contributed by atoms with Crippen LogP contribution >= 0.6 is 0 Å². The minimum atomic E-state index is -0.930. The van der Waals surface area contributed by atoms with E-state index in [2.05, 4.69) is 55.5 Å². The summed E-state index contributed by atoms with van der Waals surface area (Å²) in [6.07, 6.45) is 16.6. The summed E-state index contributed by atoms with van der Waals surface area (Å²) in [5.74, 6) is -1.84. The van der Waals surface area contributed by atoms with Gasteiger partial charge in [-0.1, -0.05) is 151 Å². The van der Waals surface area contributed by atoms with Crippen LogP contribution in [0.5, 0.6) is 5.75 Å². The van der Waals surface area contributed by atoms with Gasteiger partial charge in [0.2, 0.25) is 5.82 Å². The lowest BCUT2D eigenvalue weighted by Gasteiger charge is -2.11. The average molecular weight is 583 g/mol. The number of ether oxygens (including phenoxy) is 1. The smallest absolute Gasteiger partial charge is 0.201 e. The van der Waals surface area contributed by atoms with Gasteiger partial charge in [0.15, 0.2) is 11.6 Å². The third kappa shape index (κ3) is 9.78. The Balaban J connectivity index is 1.26. The molecule has 0 aliphatic heterocycles. The Morgan fingerprint density at radius 1 is 0.442 bits per heavy atom. The molecule has 4 rings (SSSR count). The first-order valence-corrected chi connectivity index (χ1v) is 16.5. The fraction of sp³-hybridized carbons (Fsp3) is 0.400. The van der Waals surface area contributed by atoms with E-state index in [4.69, 9.17) is 4.74 Å². The van der Waals surface area contributed by atoms with Crippen molar-refractivity contribution < 1.29 is 13.5 Å². The molecule has 0 amide bonds. The Bertz CT molecular complexity index is 1360. The van der Waals surface area contributed by atoms with Gasteiger partial charge in [-0.05, 0) is 64.8 Å². The van der Waals surface area contributed by atoms with Crippen LogP contribution in [0.2, 0.25) is 0 Å². The van der Waals surface area contributed by atoms with Gasteiger partial charge in [0.25, 0.3) is 0 Å². The summed E-state index contributed by atoms with van der Waals surface area (Å²) in [5, 5.41) is 0. The maximum atomic E-state index is 14.8. The highest BCUT2D eigenvalue weighted by Gasteiger charge is 2.16. The maximum absolute atomic E-state index is 14.8. The van der Waals surface area contributed by atoms with Crippen molar-refractivity contribution in [1.29, 1.82) is 0 Å². The average Bonchev–Trinajstić information content (AvgIpc) is 3.05. The van der Waals surface area contributed by atoms with Crippen LogP contribution in [0.1, 0.15) is 96.5 Å². The summed E-state index contributed by atoms with van der Waals surface area (Å²) in [6, 6.07) is 28.2. The topological polar surface area (TPSA) is 9.23 Å². The van der Waals surface area contributed by atoms with Crippen molar-refractivity contribution in [2.24, 2.45) is 0 Å². The summed E-state index contributed by atoms with van der Waals surface area (Å²) in [5.41, 5.74) is 6.79. The summed E-state index contributed by atoms with van der Waals surface area (Å²) in [6.45, 7) is 4.68. The molecule has 1 nitrogen and oxygen atoms in total.